The number of methoxy groups -OCH3 is 1. The molecule has 1 aliphatic rings. The minimum atomic E-state index is -0.429. The zero-order chi connectivity index (χ0) is 14.6. The van der Waals surface area contributed by atoms with Gasteiger partial charge >= 0.3 is 0 Å². The van der Waals surface area contributed by atoms with E-state index in [4.69, 9.17) is 4.74 Å². The Balaban J connectivity index is 1.89. The zero-order valence-corrected chi connectivity index (χ0v) is 12.5. The van der Waals surface area contributed by atoms with Crippen molar-refractivity contribution in [2.45, 2.75) is 37.8 Å². The smallest absolute Gasteiger partial charge is 0.119 e. The Labute approximate surface area is 121 Å². The third-order valence-corrected chi connectivity index (χ3v) is 3.81. The first kappa shape index (κ1) is 14.7. The van der Waals surface area contributed by atoms with Crippen LogP contribution in [0.15, 0.2) is 24.3 Å². The highest BCUT2D eigenvalue weighted by Crippen LogP contribution is 2.24. The molecule has 20 heavy (non-hydrogen) atoms. The number of ether oxygens (including phenoxy) is 1. The van der Waals surface area contributed by atoms with Crippen LogP contribution < -0.4 is 15.0 Å². The number of anilines is 1. The molecule has 0 radical (unpaired) electrons. The molecule has 1 saturated carbocycles. The van der Waals surface area contributed by atoms with Crippen LogP contribution in [0, 0.1) is 11.3 Å². The third kappa shape index (κ3) is 3.88. The van der Waals surface area contributed by atoms with E-state index < -0.39 is 5.54 Å². The minimum Gasteiger partial charge on any atom is -0.497 e. The molecule has 4 heteroatoms. The molecule has 0 aliphatic heterocycles. The van der Waals surface area contributed by atoms with Gasteiger partial charge in [0.05, 0.1) is 13.2 Å². The lowest BCUT2D eigenvalue weighted by atomic mass is 9.99. The van der Waals surface area contributed by atoms with Gasteiger partial charge in [-0.05, 0) is 50.5 Å². The van der Waals surface area contributed by atoms with Gasteiger partial charge in [-0.2, -0.15) is 5.26 Å². The fourth-order valence-corrected chi connectivity index (χ4v) is 2.20. The van der Waals surface area contributed by atoms with Crippen molar-refractivity contribution < 1.29 is 4.74 Å². The second-order valence-electron chi connectivity index (χ2n) is 5.73. The van der Waals surface area contributed by atoms with Gasteiger partial charge in [-0.3, -0.25) is 5.32 Å². The highest BCUT2D eigenvalue weighted by atomic mass is 16.5. The molecule has 1 N–H and O–H groups in total. The Morgan fingerprint density at radius 2 is 2.05 bits per heavy atom. The van der Waals surface area contributed by atoms with E-state index in [0.29, 0.717) is 6.04 Å². The predicted molar refractivity (Wildman–Crippen MR) is 81.1 cm³/mol. The van der Waals surface area contributed by atoms with Crippen molar-refractivity contribution >= 4 is 5.69 Å². The molecule has 2 rings (SSSR count). The number of hydrogen-bond acceptors (Lipinski definition) is 4. The van der Waals surface area contributed by atoms with Crippen LogP contribution in [0.5, 0.6) is 5.75 Å². The van der Waals surface area contributed by atoms with E-state index >= 15 is 0 Å². The summed E-state index contributed by atoms with van der Waals surface area (Å²) in [5.74, 6) is 0.861. The van der Waals surface area contributed by atoms with Crippen molar-refractivity contribution in [1.82, 2.24) is 5.32 Å². The summed E-state index contributed by atoms with van der Waals surface area (Å²) in [6, 6.07) is 11.0. The summed E-state index contributed by atoms with van der Waals surface area (Å²) in [5, 5.41) is 12.8. The molecular formula is C16H23N3O. The zero-order valence-electron chi connectivity index (χ0n) is 12.5. The molecule has 0 saturated heterocycles. The van der Waals surface area contributed by atoms with Crippen molar-refractivity contribution in [3.8, 4) is 11.8 Å². The summed E-state index contributed by atoms with van der Waals surface area (Å²) in [5.41, 5.74) is 0.708. The molecule has 0 amide bonds. The quantitative estimate of drug-likeness (QED) is 0.829. The van der Waals surface area contributed by atoms with Crippen LogP contribution in [-0.4, -0.2) is 32.3 Å². The molecule has 108 valence electrons. The second kappa shape index (κ2) is 6.15. The van der Waals surface area contributed by atoms with Gasteiger partial charge in [0.2, 0.25) is 0 Å². The van der Waals surface area contributed by atoms with Gasteiger partial charge in [-0.1, -0.05) is 0 Å². The fraction of sp³-hybridized carbons (Fsp3) is 0.562. The number of hydrogen-bond donors (Lipinski definition) is 1. The standard InChI is InChI=1S/C16H23N3O/c1-16(12-17,18-13-4-5-13)10-11-19(2)14-6-8-15(20-3)9-7-14/h6-9,13,18H,4-5,10-11H2,1-3H3. The average Bonchev–Trinajstić information content (AvgIpc) is 3.28. The molecule has 1 unspecified atom stereocenters. The molecule has 0 bridgehead atoms. The number of nitrogens with zero attached hydrogens (tertiary/aromatic N) is 2. The highest BCUT2D eigenvalue weighted by molar-refractivity contribution is 5.48. The van der Waals surface area contributed by atoms with E-state index in [1.807, 2.05) is 31.2 Å². The number of benzene rings is 1. The summed E-state index contributed by atoms with van der Waals surface area (Å²) in [6.45, 7) is 2.84. The van der Waals surface area contributed by atoms with E-state index in [1.54, 1.807) is 7.11 Å². The maximum atomic E-state index is 9.37. The molecule has 1 atom stereocenters. The SMILES string of the molecule is COc1ccc(N(C)CCC(C)(C#N)NC2CC2)cc1. The third-order valence-electron chi connectivity index (χ3n) is 3.81. The average molecular weight is 273 g/mol. The summed E-state index contributed by atoms with van der Waals surface area (Å²) in [4.78, 5) is 2.17. The molecule has 4 nitrogen and oxygen atoms in total. The minimum absolute atomic E-state index is 0.429. The molecule has 1 aromatic carbocycles. The summed E-state index contributed by atoms with van der Waals surface area (Å²) in [7, 11) is 3.72. The van der Waals surface area contributed by atoms with Gasteiger partial charge in [-0.15, -0.1) is 0 Å². The van der Waals surface area contributed by atoms with Gasteiger partial charge in [0.25, 0.3) is 0 Å². The van der Waals surface area contributed by atoms with Crippen LogP contribution in [0.3, 0.4) is 0 Å². The van der Waals surface area contributed by atoms with E-state index in [0.717, 1.165) is 24.4 Å². The van der Waals surface area contributed by atoms with Crippen molar-refractivity contribution in [2.75, 3.05) is 25.6 Å². The number of nitriles is 1. The molecule has 0 aromatic heterocycles. The van der Waals surface area contributed by atoms with Crippen LogP contribution in [0.1, 0.15) is 26.2 Å². The Morgan fingerprint density at radius 3 is 2.55 bits per heavy atom. The van der Waals surface area contributed by atoms with Crippen molar-refractivity contribution in [3.63, 3.8) is 0 Å². The number of rotatable bonds is 7. The van der Waals surface area contributed by atoms with Gasteiger partial charge in [-0.25, -0.2) is 0 Å². The molecule has 0 heterocycles. The summed E-state index contributed by atoms with van der Waals surface area (Å²) >= 11 is 0. The van der Waals surface area contributed by atoms with Gasteiger partial charge < -0.3 is 9.64 Å². The van der Waals surface area contributed by atoms with E-state index in [2.05, 4.69) is 23.3 Å². The lowest BCUT2D eigenvalue weighted by molar-refractivity contribution is 0.414. The molecule has 1 aromatic rings. The lowest BCUT2D eigenvalue weighted by Gasteiger charge is -2.27. The monoisotopic (exact) mass is 273 g/mol. The van der Waals surface area contributed by atoms with E-state index in [9.17, 15) is 5.26 Å². The maximum absolute atomic E-state index is 9.37. The predicted octanol–water partition coefficient (Wildman–Crippen LogP) is 2.56. The largest absolute Gasteiger partial charge is 0.497 e. The Morgan fingerprint density at radius 1 is 1.40 bits per heavy atom. The molecule has 1 fully saturated rings. The van der Waals surface area contributed by atoms with Gasteiger partial charge in [0.15, 0.2) is 0 Å². The van der Waals surface area contributed by atoms with Crippen LogP contribution in [0.4, 0.5) is 5.69 Å². The maximum Gasteiger partial charge on any atom is 0.119 e. The summed E-state index contributed by atoms with van der Waals surface area (Å²) < 4.78 is 5.16. The molecule has 0 spiro atoms. The van der Waals surface area contributed by atoms with Gasteiger partial charge in [0, 0.05) is 25.3 Å². The summed E-state index contributed by atoms with van der Waals surface area (Å²) in [6.07, 6.45) is 3.21. The van der Waals surface area contributed by atoms with Crippen LogP contribution in [0.2, 0.25) is 0 Å². The van der Waals surface area contributed by atoms with E-state index in [-0.39, 0.29) is 0 Å². The number of nitrogens with one attached hydrogen (secondary N) is 1. The Hall–Kier alpha value is -1.73. The van der Waals surface area contributed by atoms with Crippen LogP contribution in [-0.2, 0) is 0 Å². The first-order valence-corrected chi connectivity index (χ1v) is 7.10. The van der Waals surface area contributed by atoms with E-state index in [1.165, 1.54) is 12.8 Å². The van der Waals surface area contributed by atoms with Crippen molar-refractivity contribution in [2.24, 2.45) is 0 Å². The van der Waals surface area contributed by atoms with Crippen molar-refractivity contribution in [3.05, 3.63) is 24.3 Å². The Bertz CT molecular complexity index is 475. The highest BCUT2D eigenvalue weighted by Gasteiger charge is 2.32. The van der Waals surface area contributed by atoms with Gasteiger partial charge in [0.1, 0.15) is 11.3 Å². The molecular weight excluding hydrogens is 250 g/mol. The lowest BCUT2D eigenvalue weighted by Crippen LogP contribution is -2.44. The Kier molecular flexibility index (Phi) is 4.51. The normalized spacial score (nSPS) is 17.1. The first-order valence-electron chi connectivity index (χ1n) is 7.10. The second-order valence-corrected chi connectivity index (χ2v) is 5.73. The first-order chi connectivity index (χ1) is 9.56. The van der Waals surface area contributed by atoms with Crippen molar-refractivity contribution in [1.29, 1.82) is 5.26 Å². The van der Waals surface area contributed by atoms with Crippen LogP contribution in [0.25, 0.3) is 0 Å². The fourth-order valence-electron chi connectivity index (χ4n) is 2.20. The van der Waals surface area contributed by atoms with Crippen LogP contribution >= 0.6 is 0 Å². The topological polar surface area (TPSA) is 48.3 Å². The molecule has 1 aliphatic carbocycles.